The molecule has 0 amide bonds. The highest BCUT2D eigenvalue weighted by Crippen LogP contribution is 2.22. The van der Waals surface area contributed by atoms with Crippen molar-refractivity contribution in [2.24, 2.45) is 4.99 Å². The molecule has 0 saturated carbocycles. The van der Waals surface area contributed by atoms with Crippen LogP contribution in [0.25, 0.3) is 17.0 Å². The summed E-state index contributed by atoms with van der Waals surface area (Å²) >= 11 is 0. The first kappa shape index (κ1) is 7.56. The third kappa shape index (κ3) is 1.01. The molecule has 0 fully saturated rings. The minimum atomic E-state index is 0.764. The van der Waals surface area contributed by atoms with Crippen molar-refractivity contribution in [3.05, 3.63) is 42.2 Å². The summed E-state index contributed by atoms with van der Waals surface area (Å²) in [4.78, 5) is 4.30. The summed E-state index contributed by atoms with van der Waals surface area (Å²) in [5.41, 5.74) is 1.27. The normalized spacial score (nSPS) is 14.3. The predicted molar refractivity (Wildman–Crippen MR) is 59.5 cm³/mol. The molecule has 2 aromatic rings. The summed E-state index contributed by atoms with van der Waals surface area (Å²) in [6.07, 6.45) is 8.01. The van der Waals surface area contributed by atoms with Crippen LogP contribution < -0.4 is 0 Å². The molecule has 1 aromatic carbocycles. The van der Waals surface area contributed by atoms with Crippen LogP contribution in [0.4, 0.5) is 0 Å². The van der Waals surface area contributed by atoms with Gasteiger partial charge in [0, 0.05) is 29.4 Å². The molecule has 0 spiro atoms. The zero-order valence-corrected chi connectivity index (χ0v) is 7.72. The summed E-state index contributed by atoms with van der Waals surface area (Å²) in [6.45, 7) is 0.764. The molecule has 1 aliphatic heterocycles. The third-order valence-corrected chi connectivity index (χ3v) is 2.54. The van der Waals surface area contributed by atoms with Gasteiger partial charge in [-0.2, -0.15) is 0 Å². The van der Waals surface area contributed by atoms with E-state index < -0.39 is 0 Å². The number of aromatic nitrogens is 1. The van der Waals surface area contributed by atoms with Gasteiger partial charge < -0.3 is 4.57 Å². The maximum absolute atomic E-state index is 4.30. The molecule has 2 heterocycles. The summed E-state index contributed by atoms with van der Waals surface area (Å²) in [5.74, 6) is 0. The zero-order valence-electron chi connectivity index (χ0n) is 7.72. The van der Waals surface area contributed by atoms with Gasteiger partial charge in [0.05, 0.1) is 12.2 Å². The van der Waals surface area contributed by atoms with Gasteiger partial charge in [0.1, 0.15) is 0 Å². The van der Waals surface area contributed by atoms with Crippen LogP contribution in [-0.2, 0) is 6.54 Å². The van der Waals surface area contributed by atoms with Crippen LogP contribution in [0.3, 0.4) is 0 Å². The largest absolute Gasteiger partial charge is 0.324 e. The van der Waals surface area contributed by atoms with Crippen molar-refractivity contribution in [1.82, 2.24) is 4.57 Å². The lowest BCUT2D eigenvalue weighted by atomic mass is 10.2. The smallest absolute Gasteiger partial charge is 0.0801 e. The first-order valence-electron chi connectivity index (χ1n) is 4.70. The fourth-order valence-corrected chi connectivity index (χ4v) is 1.87. The first-order valence-corrected chi connectivity index (χ1v) is 4.70. The molecule has 0 unspecified atom stereocenters. The van der Waals surface area contributed by atoms with Gasteiger partial charge in [-0.25, -0.2) is 0 Å². The van der Waals surface area contributed by atoms with Gasteiger partial charge in [0.25, 0.3) is 0 Å². The monoisotopic (exact) mass is 182 g/mol. The van der Waals surface area contributed by atoms with Crippen molar-refractivity contribution >= 4 is 23.2 Å². The molecule has 0 bridgehead atoms. The molecule has 0 atom stereocenters. The minimum absolute atomic E-state index is 0.764. The van der Waals surface area contributed by atoms with E-state index in [4.69, 9.17) is 0 Å². The minimum Gasteiger partial charge on any atom is -0.324 e. The summed E-state index contributed by atoms with van der Waals surface area (Å²) in [7, 11) is 0. The Morgan fingerprint density at radius 1 is 1.21 bits per heavy atom. The lowest BCUT2D eigenvalue weighted by molar-refractivity contribution is 0.968. The molecule has 0 aliphatic carbocycles. The summed E-state index contributed by atoms with van der Waals surface area (Å²) < 4.78 is 2.15. The SMILES string of the molecule is C1=Cn2cc3ccccc3c2CN=C1. The molecule has 0 N–H and O–H groups in total. The van der Waals surface area contributed by atoms with Crippen LogP contribution in [-0.4, -0.2) is 10.8 Å². The Hall–Kier alpha value is -1.83. The van der Waals surface area contributed by atoms with Gasteiger partial charge >= 0.3 is 0 Å². The van der Waals surface area contributed by atoms with E-state index >= 15 is 0 Å². The number of rotatable bonds is 0. The van der Waals surface area contributed by atoms with Crippen LogP contribution in [0.1, 0.15) is 5.69 Å². The number of benzene rings is 1. The Morgan fingerprint density at radius 2 is 2.14 bits per heavy atom. The Kier molecular flexibility index (Phi) is 1.53. The second-order valence-electron chi connectivity index (χ2n) is 3.40. The molecule has 2 nitrogen and oxygen atoms in total. The highest BCUT2D eigenvalue weighted by molar-refractivity contribution is 5.88. The molecule has 68 valence electrons. The maximum atomic E-state index is 4.30. The molecular formula is C12H10N2. The molecule has 1 aromatic heterocycles. The molecular weight excluding hydrogens is 172 g/mol. The molecule has 14 heavy (non-hydrogen) atoms. The summed E-state index contributed by atoms with van der Waals surface area (Å²) in [5, 5.41) is 2.58. The topological polar surface area (TPSA) is 17.3 Å². The van der Waals surface area contributed by atoms with Gasteiger partial charge in [-0.15, -0.1) is 0 Å². The van der Waals surface area contributed by atoms with Crippen molar-refractivity contribution in [1.29, 1.82) is 0 Å². The van der Waals surface area contributed by atoms with Crippen molar-refractivity contribution in [2.45, 2.75) is 6.54 Å². The van der Waals surface area contributed by atoms with E-state index in [-0.39, 0.29) is 0 Å². The molecule has 2 heteroatoms. The van der Waals surface area contributed by atoms with Crippen LogP contribution in [0.2, 0.25) is 0 Å². The van der Waals surface area contributed by atoms with Crippen LogP contribution in [0.15, 0.2) is 41.5 Å². The molecule has 0 saturated heterocycles. The highest BCUT2D eigenvalue weighted by atomic mass is 15.0. The van der Waals surface area contributed by atoms with Crippen LogP contribution in [0.5, 0.6) is 0 Å². The van der Waals surface area contributed by atoms with Gasteiger partial charge in [-0.1, -0.05) is 24.3 Å². The molecule has 1 aliphatic rings. The third-order valence-electron chi connectivity index (χ3n) is 2.54. The Morgan fingerprint density at radius 3 is 3.14 bits per heavy atom. The first-order chi connectivity index (χ1) is 6.95. The summed E-state index contributed by atoms with van der Waals surface area (Å²) in [6, 6.07) is 8.42. The zero-order chi connectivity index (χ0) is 9.38. The standard InChI is InChI=1S/C12H10N2/c1-2-5-11-10(4-1)9-14-7-3-6-13-8-12(11)14/h1-7,9H,8H2. The number of aliphatic imine (C=N–C) groups is 1. The second-order valence-corrected chi connectivity index (χ2v) is 3.40. The number of fused-ring (bicyclic) bond motifs is 3. The molecule has 0 radical (unpaired) electrons. The van der Waals surface area contributed by atoms with Gasteiger partial charge in [0.15, 0.2) is 0 Å². The quantitative estimate of drug-likeness (QED) is 0.596. The van der Waals surface area contributed by atoms with E-state index in [1.165, 1.54) is 16.5 Å². The fraction of sp³-hybridized carbons (Fsp3) is 0.0833. The van der Waals surface area contributed by atoms with E-state index in [1.807, 2.05) is 18.5 Å². The Labute approximate surface area is 82.2 Å². The van der Waals surface area contributed by atoms with E-state index in [9.17, 15) is 0 Å². The van der Waals surface area contributed by atoms with Crippen LogP contribution in [0, 0.1) is 0 Å². The van der Waals surface area contributed by atoms with Crippen molar-refractivity contribution in [2.75, 3.05) is 0 Å². The molecule has 3 rings (SSSR count). The number of hydrogen-bond acceptors (Lipinski definition) is 1. The Bertz CT molecular complexity index is 532. The van der Waals surface area contributed by atoms with Gasteiger partial charge in [0.2, 0.25) is 0 Å². The highest BCUT2D eigenvalue weighted by Gasteiger charge is 2.06. The van der Waals surface area contributed by atoms with Gasteiger partial charge in [-0.05, 0) is 6.08 Å². The number of hydrogen-bond donors (Lipinski definition) is 0. The van der Waals surface area contributed by atoms with E-state index in [0.29, 0.717) is 0 Å². The lowest BCUT2D eigenvalue weighted by Gasteiger charge is -1.98. The maximum Gasteiger partial charge on any atom is 0.0801 e. The van der Waals surface area contributed by atoms with E-state index in [0.717, 1.165) is 6.54 Å². The fourth-order valence-electron chi connectivity index (χ4n) is 1.87. The number of allylic oxidation sites excluding steroid dienone is 1. The Balaban J connectivity index is 2.37. The van der Waals surface area contributed by atoms with E-state index in [1.54, 1.807) is 0 Å². The van der Waals surface area contributed by atoms with Crippen molar-refractivity contribution in [3.8, 4) is 0 Å². The second kappa shape index (κ2) is 2.84. The lowest BCUT2D eigenvalue weighted by Crippen LogP contribution is -1.89. The average Bonchev–Trinajstić information content (AvgIpc) is 2.42. The van der Waals surface area contributed by atoms with E-state index in [2.05, 4.69) is 40.0 Å². The van der Waals surface area contributed by atoms with Crippen LogP contribution >= 0.6 is 0 Å². The van der Waals surface area contributed by atoms with Crippen molar-refractivity contribution < 1.29 is 0 Å². The predicted octanol–water partition coefficient (Wildman–Crippen LogP) is 2.70. The number of nitrogens with zero attached hydrogens (tertiary/aromatic N) is 2. The van der Waals surface area contributed by atoms with Crippen molar-refractivity contribution in [3.63, 3.8) is 0 Å². The van der Waals surface area contributed by atoms with Gasteiger partial charge in [-0.3, -0.25) is 4.99 Å². The average molecular weight is 182 g/mol.